The number of ether oxygens (including phenoxy) is 1. The first kappa shape index (κ1) is 12.5. The number of carbonyl (C=O) groups excluding carboxylic acids is 1. The first-order valence-electron chi connectivity index (χ1n) is 5.53. The lowest BCUT2D eigenvalue weighted by Gasteiger charge is -2.25. The molecule has 0 unspecified atom stereocenters. The number of likely N-dealkylation sites (N-methyl/N-ethyl adjacent to an activating group) is 1. The van der Waals surface area contributed by atoms with E-state index in [1.54, 1.807) is 25.8 Å². The van der Waals surface area contributed by atoms with Crippen molar-refractivity contribution >= 4 is 5.91 Å². The summed E-state index contributed by atoms with van der Waals surface area (Å²) in [6.07, 6.45) is 2.59. The van der Waals surface area contributed by atoms with Crippen molar-refractivity contribution in [3.8, 4) is 0 Å². The van der Waals surface area contributed by atoms with E-state index in [9.17, 15) is 4.79 Å². The van der Waals surface area contributed by atoms with Crippen molar-refractivity contribution in [1.29, 1.82) is 0 Å². The van der Waals surface area contributed by atoms with Crippen molar-refractivity contribution in [1.82, 2.24) is 4.90 Å². The fourth-order valence-corrected chi connectivity index (χ4v) is 1.33. The van der Waals surface area contributed by atoms with Crippen molar-refractivity contribution in [3.63, 3.8) is 0 Å². The summed E-state index contributed by atoms with van der Waals surface area (Å²) in [7, 11) is 1.76. The minimum atomic E-state index is -0.786. The Balaban J connectivity index is 2.11. The molecule has 0 spiro atoms. The van der Waals surface area contributed by atoms with E-state index in [-0.39, 0.29) is 5.91 Å². The highest BCUT2D eigenvalue weighted by Crippen LogP contribution is 2.28. The largest absolute Gasteiger partial charge is 0.379 e. The number of amides is 1. The molecular formula is C11H22N2O2. The SMILES string of the molecule is CN(CCOCC1CC1)C(=O)C(C)(C)N. The normalized spacial score (nSPS) is 16.5. The molecule has 0 heterocycles. The first-order valence-corrected chi connectivity index (χ1v) is 5.53. The van der Waals surface area contributed by atoms with Gasteiger partial charge in [0.15, 0.2) is 0 Å². The highest BCUT2D eigenvalue weighted by atomic mass is 16.5. The van der Waals surface area contributed by atoms with Crippen molar-refractivity contribution in [2.45, 2.75) is 32.2 Å². The third kappa shape index (κ3) is 4.62. The van der Waals surface area contributed by atoms with Crippen LogP contribution in [-0.4, -0.2) is 43.2 Å². The molecule has 88 valence electrons. The van der Waals surface area contributed by atoms with Gasteiger partial charge >= 0.3 is 0 Å². The maximum atomic E-state index is 11.7. The quantitative estimate of drug-likeness (QED) is 0.659. The third-order valence-electron chi connectivity index (χ3n) is 2.52. The maximum Gasteiger partial charge on any atom is 0.241 e. The Morgan fingerprint density at radius 2 is 2.13 bits per heavy atom. The van der Waals surface area contributed by atoms with Crippen molar-refractivity contribution < 1.29 is 9.53 Å². The van der Waals surface area contributed by atoms with Crippen LogP contribution in [0, 0.1) is 5.92 Å². The molecule has 0 bridgehead atoms. The summed E-state index contributed by atoms with van der Waals surface area (Å²) < 4.78 is 5.46. The number of nitrogens with zero attached hydrogens (tertiary/aromatic N) is 1. The molecule has 4 heteroatoms. The second-order valence-electron chi connectivity index (χ2n) is 4.97. The van der Waals surface area contributed by atoms with Gasteiger partial charge in [-0.15, -0.1) is 0 Å². The summed E-state index contributed by atoms with van der Waals surface area (Å²) in [6, 6.07) is 0. The standard InChI is InChI=1S/C11H22N2O2/c1-11(2,12)10(14)13(3)6-7-15-8-9-4-5-9/h9H,4-8,12H2,1-3H3. The van der Waals surface area contributed by atoms with Gasteiger partial charge in [0.2, 0.25) is 5.91 Å². The van der Waals surface area contributed by atoms with Crippen molar-refractivity contribution in [2.75, 3.05) is 26.8 Å². The molecule has 0 radical (unpaired) electrons. The van der Waals surface area contributed by atoms with E-state index in [1.807, 2.05) is 0 Å². The molecule has 1 fully saturated rings. The van der Waals surface area contributed by atoms with Crippen LogP contribution >= 0.6 is 0 Å². The van der Waals surface area contributed by atoms with E-state index < -0.39 is 5.54 Å². The number of carbonyl (C=O) groups is 1. The number of rotatable bonds is 6. The van der Waals surface area contributed by atoms with E-state index in [2.05, 4.69) is 0 Å². The van der Waals surface area contributed by atoms with Crippen molar-refractivity contribution in [2.24, 2.45) is 11.7 Å². The first-order chi connectivity index (χ1) is 6.91. The molecule has 0 aliphatic heterocycles. The Morgan fingerprint density at radius 1 is 1.53 bits per heavy atom. The molecule has 0 aromatic carbocycles. The average molecular weight is 214 g/mol. The molecule has 4 nitrogen and oxygen atoms in total. The Morgan fingerprint density at radius 3 is 2.60 bits per heavy atom. The van der Waals surface area contributed by atoms with E-state index in [0.29, 0.717) is 13.2 Å². The van der Waals surface area contributed by atoms with Gasteiger partial charge in [-0.05, 0) is 32.6 Å². The van der Waals surface area contributed by atoms with Gasteiger partial charge in [-0.25, -0.2) is 0 Å². The van der Waals surface area contributed by atoms with Crippen LogP contribution in [0.5, 0.6) is 0 Å². The highest BCUT2D eigenvalue weighted by Gasteiger charge is 2.25. The fourth-order valence-electron chi connectivity index (χ4n) is 1.33. The van der Waals surface area contributed by atoms with Gasteiger partial charge in [-0.1, -0.05) is 0 Å². The summed E-state index contributed by atoms with van der Waals surface area (Å²) in [5.41, 5.74) is 4.92. The lowest BCUT2D eigenvalue weighted by Crippen LogP contribution is -2.50. The number of hydrogen-bond donors (Lipinski definition) is 1. The second-order valence-corrected chi connectivity index (χ2v) is 4.97. The van der Waals surface area contributed by atoms with Crippen LogP contribution in [0.25, 0.3) is 0 Å². The Hall–Kier alpha value is -0.610. The van der Waals surface area contributed by atoms with Gasteiger partial charge in [0.1, 0.15) is 0 Å². The summed E-state index contributed by atoms with van der Waals surface area (Å²) in [6.45, 7) is 5.50. The zero-order valence-electron chi connectivity index (χ0n) is 9.95. The van der Waals surface area contributed by atoms with Crippen LogP contribution in [-0.2, 0) is 9.53 Å². The molecular weight excluding hydrogens is 192 g/mol. The predicted octanol–water partition coefficient (Wildman–Crippen LogP) is 0.609. The van der Waals surface area contributed by atoms with Crippen molar-refractivity contribution in [3.05, 3.63) is 0 Å². The van der Waals surface area contributed by atoms with E-state index >= 15 is 0 Å². The topological polar surface area (TPSA) is 55.6 Å². The van der Waals surface area contributed by atoms with Gasteiger partial charge in [0.25, 0.3) is 0 Å². The lowest BCUT2D eigenvalue weighted by atomic mass is 10.1. The summed E-state index contributed by atoms with van der Waals surface area (Å²) in [5, 5.41) is 0. The second kappa shape index (κ2) is 4.94. The molecule has 1 amide bonds. The lowest BCUT2D eigenvalue weighted by molar-refractivity contribution is -0.135. The van der Waals surface area contributed by atoms with Gasteiger partial charge in [0, 0.05) is 20.2 Å². The molecule has 1 aliphatic rings. The number of nitrogens with two attached hydrogens (primary N) is 1. The Bertz CT molecular complexity index is 219. The molecule has 1 rings (SSSR count). The maximum absolute atomic E-state index is 11.7. The van der Waals surface area contributed by atoms with E-state index in [0.717, 1.165) is 12.5 Å². The molecule has 1 saturated carbocycles. The molecule has 0 aromatic heterocycles. The summed E-state index contributed by atoms with van der Waals surface area (Å²) >= 11 is 0. The van der Waals surface area contributed by atoms with Crippen LogP contribution in [0.15, 0.2) is 0 Å². The van der Waals surface area contributed by atoms with Crippen LogP contribution in [0.4, 0.5) is 0 Å². The third-order valence-corrected chi connectivity index (χ3v) is 2.52. The van der Waals surface area contributed by atoms with Crippen LogP contribution in [0.2, 0.25) is 0 Å². The van der Waals surface area contributed by atoms with E-state index in [4.69, 9.17) is 10.5 Å². The molecule has 0 aromatic rings. The summed E-state index contributed by atoms with van der Waals surface area (Å²) in [4.78, 5) is 13.3. The summed E-state index contributed by atoms with van der Waals surface area (Å²) in [5.74, 6) is 0.731. The van der Waals surface area contributed by atoms with Crippen LogP contribution < -0.4 is 5.73 Å². The predicted molar refractivity (Wildman–Crippen MR) is 59.4 cm³/mol. The van der Waals surface area contributed by atoms with Gasteiger partial charge in [-0.3, -0.25) is 4.79 Å². The average Bonchev–Trinajstić information content (AvgIpc) is 2.93. The Labute approximate surface area is 91.8 Å². The molecule has 0 saturated heterocycles. The zero-order valence-corrected chi connectivity index (χ0v) is 9.95. The highest BCUT2D eigenvalue weighted by molar-refractivity contribution is 5.84. The molecule has 2 N–H and O–H groups in total. The minimum Gasteiger partial charge on any atom is -0.379 e. The smallest absolute Gasteiger partial charge is 0.241 e. The number of hydrogen-bond acceptors (Lipinski definition) is 3. The van der Waals surface area contributed by atoms with Gasteiger partial charge < -0.3 is 15.4 Å². The fraction of sp³-hybridized carbons (Fsp3) is 0.909. The Kier molecular flexibility index (Phi) is 4.11. The van der Waals surface area contributed by atoms with Crippen LogP contribution in [0.3, 0.4) is 0 Å². The molecule has 1 aliphatic carbocycles. The zero-order chi connectivity index (χ0) is 11.5. The van der Waals surface area contributed by atoms with Gasteiger partial charge in [-0.2, -0.15) is 0 Å². The molecule has 15 heavy (non-hydrogen) atoms. The van der Waals surface area contributed by atoms with Crippen LogP contribution in [0.1, 0.15) is 26.7 Å². The van der Waals surface area contributed by atoms with E-state index in [1.165, 1.54) is 12.8 Å². The van der Waals surface area contributed by atoms with Gasteiger partial charge in [0.05, 0.1) is 12.1 Å². The minimum absolute atomic E-state index is 0.0440. The molecule has 0 atom stereocenters. The monoisotopic (exact) mass is 214 g/mol.